The molecule has 110 valence electrons. The average molecular weight is 302 g/mol. The Morgan fingerprint density at radius 1 is 1.50 bits per heavy atom. The molecule has 1 aliphatic heterocycles. The maximum atomic E-state index is 14.1. The molecule has 1 fully saturated rings. The van der Waals surface area contributed by atoms with Crippen LogP contribution in [0.5, 0.6) is 0 Å². The highest BCUT2D eigenvalue weighted by Gasteiger charge is 2.32. The molecule has 8 heteroatoms. The molecule has 2 rings (SSSR count). The number of sulfonamides is 1. The van der Waals surface area contributed by atoms with E-state index >= 15 is 0 Å². The lowest BCUT2D eigenvalue weighted by atomic mass is 10.2. The van der Waals surface area contributed by atoms with Crippen LogP contribution < -0.4 is 9.62 Å². The number of hydrogen-bond acceptors (Lipinski definition) is 4. The van der Waals surface area contributed by atoms with Crippen LogP contribution in [0.25, 0.3) is 0 Å². The molecule has 0 spiro atoms. The minimum Gasteiger partial charge on any atom is -0.480 e. The van der Waals surface area contributed by atoms with Gasteiger partial charge in [0, 0.05) is 6.54 Å². The molecule has 0 bridgehead atoms. The van der Waals surface area contributed by atoms with E-state index in [0.29, 0.717) is 19.4 Å². The van der Waals surface area contributed by atoms with E-state index in [4.69, 9.17) is 5.11 Å². The lowest BCUT2D eigenvalue weighted by Gasteiger charge is -2.24. The van der Waals surface area contributed by atoms with Crippen molar-refractivity contribution < 1.29 is 22.7 Å². The normalized spacial score (nSPS) is 19.3. The van der Waals surface area contributed by atoms with Gasteiger partial charge in [-0.3, -0.25) is 0 Å². The molecule has 0 amide bonds. The number of carbonyl (C=O) groups is 1. The number of anilines is 1. The summed E-state index contributed by atoms with van der Waals surface area (Å²) in [6.45, 7) is 0.437. The molecule has 1 aliphatic rings. The molecule has 0 aliphatic carbocycles. The van der Waals surface area contributed by atoms with Crippen molar-refractivity contribution in [1.82, 2.24) is 4.72 Å². The first-order chi connectivity index (χ1) is 9.36. The van der Waals surface area contributed by atoms with Gasteiger partial charge in [-0.05, 0) is 38.1 Å². The highest BCUT2D eigenvalue weighted by atomic mass is 32.2. The number of benzene rings is 1. The zero-order chi connectivity index (χ0) is 14.9. The third-order valence-corrected chi connectivity index (χ3v) is 4.76. The fourth-order valence-corrected chi connectivity index (χ4v) is 3.06. The van der Waals surface area contributed by atoms with Crippen LogP contribution in [-0.2, 0) is 14.8 Å². The summed E-state index contributed by atoms with van der Waals surface area (Å²) in [5.74, 6) is -1.75. The van der Waals surface area contributed by atoms with Crippen LogP contribution >= 0.6 is 0 Å². The Bertz CT molecular complexity index is 632. The second kappa shape index (κ2) is 5.37. The van der Waals surface area contributed by atoms with E-state index in [9.17, 15) is 17.6 Å². The van der Waals surface area contributed by atoms with Gasteiger partial charge in [-0.15, -0.1) is 0 Å². The number of rotatable bonds is 4. The van der Waals surface area contributed by atoms with Crippen molar-refractivity contribution in [2.75, 3.05) is 18.5 Å². The molecule has 1 saturated heterocycles. The van der Waals surface area contributed by atoms with Crippen LogP contribution in [0.2, 0.25) is 0 Å². The van der Waals surface area contributed by atoms with Gasteiger partial charge < -0.3 is 10.0 Å². The van der Waals surface area contributed by atoms with Gasteiger partial charge in [0.15, 0.2) is 0 Å². The van der Waals surface area contributed by atoms with Crippen LogP contribution in [0, 0.1) is 5.82 Å². The third-order valence-electron chi connectivity index (χ3n) is 3.35. The summed E-state index contributed by atoms with van der Waals surface area (Å²) < 4.78 is 39.3. The average Bonchev–Trinajstić information content (AvgIpc) is 2.87. The summed E-state index contributed by atoms with van der Waals surface area (Å²) in [5, 5.41) is 9.09. The SMILES string of the molecule is CNS(=O)(=O)c1ccc(N2CCC[C@@H]2C(=O)O)c(F)c1. The summed E-state index contributed by atoms with van der Waals surface area (Å²) >= 11 is 0. The molecule has 1 aromatic carbocycles. The van der Waals surface area contributed by atoms with Gasteiger partial charge in [0.05, 0.1) is 10.6 Å². The van der Waals surface area contributed by atoms with E-state index in [2.05, 4.69) is 4.72 Å². The molecule has 0 radical (unpaired) electrons. The lowest BCUT2D eigenvalue weighted by molar-refractivity contribution is -0.138. The van der Waals surface area contributed by atoms with Crippen LogP contribution in [0.15, 0.2) is 23.1 Å². The predicted octanol–water partition coefficient (Wildman–Crippen LogP) is 0.787. The monoisotopic (exact) mass is 302 g/mol. The molecule has 0 unspecified atom stereocenters. The predicted molar refractivity (Wildman–Crippen MR) is 70.6 cm³/mol. The summed E-state index contributed by atoms with van der Waals surface area (Å²) in [6, 6.07) is 2.71. The van der Waals surface area contributed by atoms with Gasteiger partial charge >= 0.3 is 5.97 Å². The van der Waals surface area contributed by atoms with Crippen LogP contribution in [-0.4, -0.2) is 39.1 Å². The minimum absolute atomic E-state index is 0.116. The van der Waals surface area contributed by atoms with E-state index in [1.807, 2.05) is 0 Å². The maximum absolute atomic E-state index is 14.1. The maximum Gasteiger partial charge on any atom is 0.326 e. The largest absolute Gasteiger partial charge is 0.480 e. The van der Waals surface area contributed by atoms with Crippen LogP contribution in [0.4, 0.5) is 10.1 Å². The highest BCUT2D eigenvalue weighted by Crippen LogP contribution is 2.29. The van der Waals surface area contributed by atoms with Crippen molar-refractivity contribution in [1.29, 1.82) is 0 Å². The van der Waals surface area contributed by atoms with E-state index in [-0.39, 0.29) is 10.6 Å². The van der Waals surface area contributed by atoms with Crippen LogP contribution in [0.1, 0.15) is 12.8 Å². The van der Waals surface area contributed by atoms with E-state index in [1.54, 1.807) is 0 Å². The smallest absolute Gasteiger partial charge is 0.326 e. The molecular formula is C12H15FN2O4S. The van der Waals surface area contributed by atoms with Crippen molar-refractivity contribution in [2.24, 2.45) is 0 Å². The van der Waals surface area contributed by atoms with Crippen molar-refractivity contribution in [2.45, 2.75) is 23.8 Å². The zero-order valence-corrected chi connectivity index (χ0v) is 11.7. The van der Waals surface area contributed by atoms with Gasteiger partial charge in [-0.2, -0.15) is 0 Å². The number of hydrogen-bond donors (Lipinski definition) is 2. The fourth-order valence-electron chi connectivity index (χ4n) is 2.32. The second-order valence-corrected chi connectivity index (χ2v) is 6.40. The first-order valence-electron chi connectivity index (χ1n) is 6.09. The molecule has 1 atom stereocenters. The molecule has 0 aromatic heterocycles. The van der Waals surface area contributed by atoms with Crippen molar-refractivity contribution in [3.05, 3.63) is 24.0 Å². The Morgan fingerprint density at radius 3 is 2.75 bits per heavy atom. The Balaban J connectivity index is 2.38. The Kier molecular flexibility index (Phi) is 3.96. The van der Waals surface area contributed by atoms with Crippen LogP contribution in [0.3, 0.4) is 0 Å². The van der Waals surface area contributed by atoms with E-state index in [0.717, 1.165) is 6.07 Å². The van der Waals surface area contributed by atoms with E-state index in [1.165, 1.54) is 24.1 Å². The van der Waals surface area contributed by atoms with Gasteiger partial charge in [0.1, 0.15) is 11.9 Å². The molecule has 1 heterocycles. The molecule has 6 nitrogen and oxygen atoms in total. The number of nitrogens with zero attached hydrogens (tertiary/aromatic N) is 1. The van der Waals surface area contributed by atoms with E-state index < -0.39 is 27.9 Å². The first-order valence-corrected chi connectivity index (χ1v) is 7.57. The topological polar surface area (TPSA) is 86.7 Å². The number of aliphatic carboxylic acids is 1. The molecule has 2 N–H and O–H groups in total. The number of nitrogens with one attached hydrogen (secondary N) is 1. The molecular weight excluding hydrogens is 287 g/mol. The number of halogens is 1. The standard InChI is InChI=1S/C12H15FN2O4S/c1-14-20(18,19)8-4-5-10(9(13)7-8)15-6-2-3-11(15)12(16)17/h4-5,7,11,14H,2-3,6H2,1H3,(H,16,17)/t11-/m1/s1. The third kappa shape index (κ3) is 2.61. The van der Waals surface area contributed by atoms with Crippen molar-refractivity contribution in [3.63, 3.8) is 0 Å². The fraction of sp³-hybridized carbons (Fsp3) is 0.417. The van der Waals surface area contributed by atoms with Crippen molar-refractivity contribution in [3.8, 4) is 0 Å². The van der Waals surface area contributed by atoms with Gasteiger partial charge in [0.25, 0.3) is 0 Å². The quantitative estimate of drug-likeness (QED) is 0.858. The Hall–Kier alpha value is -1.67. The summed E-state index contributed by atoms with van der Waals surface area (Å²) in [5.41, 5.74) is 0.116. The summed E-state index contributed by atoms with van der Waals surface area (Å²) in [4.78, 5) is 12.4. The molecule has 20 heavy (non-hydrogen) atoms. The Labute approximate surface area is 116 Å². The molecule has 1 aromatic rings. The van der Waals surface area contributed by atoms with Gasteiger partial charge in [-0.25, -0.2) is 22.3 Å². The lowest BCUT2D eigenvalue weighted by Crippen LogP contribution is -2.36. The first kappa shape index (κ1) is 14.7. The summed E-state index contributed by atoms with van der Waals surface area (Å²) in [6.07, 6.45) is 1.11. The molecule has 0 saturated carbocycles. The van der Waals surface area contributed by atoms with Gasteiger partial charge in [-0.1, -0.05) is 0 Å². The second-order valence-electron chi connectivity index (χ2n) is 4.51. The zero-order valence-electron chi connectivity index (χ0n) is 10.8. The Morgan fingerprint density at radius 2 is 2.20 bits per heavy atom. The summed E-state index contributed by atoms with van der Waals surface area (Å²) in [7, 11) is -2.48. The van der Waals surface area contributed by atoms with Crippen molar-refractivity contribution >= 4 is 21.7 Å². The van der Waals surface area contributed by atoms with Gasteiger partial charge in [0.2, 0.25) is 10.0 Å². The number of carboxylic acid groups (broad SMARTS) is 1. The highest BCUT2D eigenvalue weighted by molar-refractivity contribution is 7.89. The number of carboxylic acids is 1. The minimum atomic E-state index is -3.72.